The Kier molecular flexibility index (Phi) is 4.26. The Bertz CT molecular complexity index is 811. The number of fused-ring (bicyclic) bond motifs is 1. The number of carbonyl (C=O) groups excluding carboxylic acids is 1. The van der Waals surface area contributed by atoms with E-state index in [4.69, 9.17) is 32.7 Å². The molecule has 4 nitrogen and oxygen atoms in total. The van der Waals surface area contributed by atoms with Crippen LogP contribution >= 0.6 is 23.2 Å². The minimum atomic E-state index is -0.532. The fourth-order valence-electron chi connectivity index (χ4n) is 3.37. The third-order valence-electron chi connectivity index (χ3n) is 4.60. The Morgan fingerprint density at radius 1 is 0.960 bits per heavy atom. The van der Waals surface area contributed by atoms with Gasteiger partial charge in [0.15, 0.2) is 11.5 Å². The molecule has 1 aliphatic heterocycles. The number of ether oxygens (including phenoxy) is 2. The molecule has 0 aromatic heterocycles. The van der Waals surface area contributed by atoms with E-state index >= 15 is 0 Å². The molecule has 1 N–H and O–H groups in total. The van der Waals surface area contributed by atoms with Gasteiger partial charge < -0.3 is 14.8 Å². The van der Waals surface area contributed by atoms with Gasteiger partial charge in [-0.05, 0) is 37.1 Å². The Hall–Kier alpha value is -1.91. The van der Waals surface area contributed by atoms with Crippen LogP contribution in [0.4, 0.5) is 5.69 Å². The van der Waals surface area contributed by atoms with Crippen LogP contribution in [-0.4, -0.2) is 11.7 Å². The number of hydrogen-bond acceptors (Lipinski definition) is 3. The summed E-state index contributed by atoms with van der Waals surface area (Å²) in [5.74, 6) is 0.484. The van der Waals surface area contributed by atoms with Gasteiger partial charge in [-0.15, -0.1) is 0 Å². The summed E-state index contributed by atoms with van der Waals surface area (Å²) in [6, 6.07) is 10.4. The number of amides is 1. The fourth-order valence-corrected chi connectivity index (χ4v) is 3.94. The molecule has 1 fully saturated rings. The summed E-state index contributed by atoms with van der Waals surface area (Å²) in [6.45, 7) is 0. The van der Waals surface area contributed by atoms with E-state index < -0.39 is 5.79 Å². The van der Waals surface area contributed by atoms with Gasteiger partial charge in [0.2, 0.25) is 0 Å². The number of rotatable bonds is 2. The largest absolute Gasteiger partial charge is 0.448 e. The molecule has 1 amide bonds. The first-order chi connectivity index (χ1) is 12.1. The number of nitrogens with one attached hydrogen (secondary N) is 1. The van der Waals surface area contributed by atoms with Crippen LogP contribution in [0.15, 0.2) is 36.4 Å². The van der Waals surface area contributed by atoms with Gasteiger partial charge in [-0.2, -0.15) is 0 Å². The molecule has 0 saturated heterocycles. The number of halogens is 2. The molecule has 130 valence electrons. The molecule has 1 aliphatic carbocycles. The summed E-state index contributed by atoms with van der Waals surface area (Å²) in [7, 11) is 0. The first-order valence-corrected chi connectivity index (χ1v) is 9.09. The maximum absolute atomic E-state index is 12.5. The van der Waals surface area contributed by atoms with Gasteiger partial charge in [-0.3, -0.25) is 4.79 Å². The first-order valence-electron chi connectivity index (χ1n) is 8.34. The van der Waals surface area contributed by atoms with Crippen molar-refractivity contribution in [2.24, 2.45) is 0 Å². The van der Waals surface area contributed by atoms with E-state index in [-0.39, 0.29) is 11.5 Å². The van der Waals surface area contributed by atoms with Crippen LogP contribution in [0.3, 0.4) is 0 Å². The van der Waals surface area contributed by atoms with Gasteiger partial charge >= 0.3 is 0 Å². The molecule has 2 aromatic rings. The minimum Gasteiger partial charge on any atom is -0.448 e. The van der Waals surface area contributed by atoms with E-state index in [1.54, 1.807) is 30.3 Å². The monoisotopic (exact) mass is 377 g/mol. The molecule has 25 heavy (non-hydrogen) atoms. The van der Waals surface area contributed by atoms with Gasteiger partial charge in [0, 0.05) is 24.6 Å². The highest BCUT2D eigenvalue weighted by Crippen LogP contribution is 2.46. The zero-order valence-corrected chi connectivity index (χ0v) is 15.0. The number of hydrogen-bond donors (Lipinski definition) is 1. The lowest BCUT2D eigenvalue weighted by Gasteiger charge is -2.31. The van der Waals surface area contributed by atoms with Crippen LogP contribution in [0.5, 0.6) is 11.5 Å². The molecule has 4 rings (SSSR count). The minimum absolute atomic E-state index is 0.257. The molecule has 1 heterocycles. The molecule has 2 aliphatic rings. The van der Waals surface area contributed by atoms with Crippen LogP contribution in [0.25, 0.3) is 0 Å². The van der Waals surface area contributed by atoms with Crippen molar-refractivity contribution in [3.63, 3.8) is 0 Å². The van der Waals surface area contributed by atoms with Gasteiger partial charge in [0.1, 0.15) is 0 Å². The standard InChI is InChI=1S/C19H17Cl2NO3/c20-13-5-4-6-14(21)17(13)18(23)22-12-7-8-15-16(11-12)25-19(24-15)9-2-1-3-10-19/h4-8,11H,1-3,9-10H2,(H,22,23). The Balaban J connectivity index is 1.54. The predicted octanol–water partition coefficient (Wildman–Crippen LogP) is 5.68. The second-order valence-corrected chi connectivity index (χ2v) is 7.20. The second-order valence-electron chi connectivity index (χ2n) is 6.39. The fraction of sp³-hybridized carbons (Fsp3) is 0.316. The van der Waals surface area contributed by atoms with E-state index in [1.807, 2.05) is 6.07 Å². The Morgan fingerprint density at radius 3 is 2.36 bits per heavy atom. The zero-order chi connectivity index (χ0) is 17.4. The van der Waals surface area contributed by atoms with Gasteiger partial charge in [-0.1, -0.05) is 35.7 Å². The average Bonchev–Trinajstić information content (AvgIpc) is 2.92. The maximum Gasteiger partial charge on any atom is 0.258 e. The van der Waals surface area contributed by atoms with Crippen molar-refractivity contribution < 1.29 is 14.3 Å². The summed E-state index contributed by atoms with van der Waals surface area (Å²) in [4.78, 5) is 12.5. The van der Waals surface area contributed by atoms with Gasteiger partial charge in [0.05, 0.1) is 15.6 Å². The van der Waals surface area contributed by atoms with Crippen LogP contribution in [0.2, 0.25) is 10.0 Å². The van der Waals surface area contributed by atoms with E-state index in [9.17, 15) is 4.79 Å². The Labute approximate surface area is 156 Å². The predicted molar refractivity (Wildman–Crippen MR) is 97.9 cm³/mol. The number of anilines is 1. The van der Waals surface area contributed by atoms with Crippen molar-refractivity contribution in [1.82, 2.24) is 0 Å². The summed E-state index contributed by atoms with van der Waals surface area (Å²) < 4.78 is 12.1. The molecule has 2 aromatic carbocycles. The lowest BCUT2D eigenvalue weighted by Crippen LogP contribution is -2.40. The molecule has 0 radical (unpaired) electrons. The third kappa shape index (κ3) is 3.16. The van der Waals surface area contributed by atoms with Crippen molar-refractivity contribution in [2.75, 3.05) is 5.32 Å². The highest BCUT2D eigenvalue weighted by atomic mass is 35.5. The van der Waals surface area contributed by atoms with Gasteiger partial charge in [-0.25, -0.2) is 0 Å². The summed E-state index contributed by atoms with van der Waals surface area (Å²) in [5.41, 5.74) is 0.864. The quantitative estimate of drug-likeness (QED) is 0.732. The maximum atomic E-state index is 12.5. The lowest BCUT2D eigenvalue weighted by molar-refractivity contribution is -0.105. The summed E-state index contributed by atoms with van der Waals surface area (Å²) in [6.07, 6.45) is 5.19. The Morgan fingerprint density at radius 2 is 1.64 bits per heavy atom. The normalized spacial score (nSPS) is 17.5. The number of benzene rings is 2. The molecular formula is C19H17Cl2NO3. The molecule has 1 saturated carbocycles. The van der Waals surface area contributed by atoms with Crippen molar-refractivity contribution in [3.05, 3.63) is 52.0 Å². The van der Waals surface area contributed by atoms with Crippen LogP contribution in [0, 0.1) is 0 Å². The summed E-state index contributed by atoms with van der Waals surface area (Å²) in [5, 5.41) is 3.44. The van der Waals surface area contributed by atoms with E-state index in [1.165, 1.54) is 6.42 Å². The average molecular weight is 378 g/mol. The molecule has 1 spiro atoms. The van der Waals surface area contributed by atoms with E-state index in [0.29, 0.717) is 21.5 Å². The van der Waals surface area contributed by atoms with Crippen LogP contribution in [-0.2, 0) is 0 Å². The molecule has 0 bridgehead atoms. The lowest BCUT2D eigenvalue weighted by atomic mass is 9.94. The molecular weight excluding hydrogens is 361 g/mol. The second kappa shape index (κ2) is 6.43. The zero-order valence-electron chi connectivity index (χ0n) is 13.5. The van der Waals surface area contributed by atoms with Gasteiger partial charge in [0.25, 0.3) is 11.7 Å². The van der Waals surface area contributed by atoms with E-state index in [2.05, 4.69) is 5.32 Å². The van der Waals surface area contributed by atoms with Crippen LogP contribution in [0.1, 0.15) is 42.5 Å². The van der Waals surface area contributed by atoms with Crippen molar-refractivity contribution in [3.8, 4) is 11.5 Å². The number of carbonyl (C=O) groups is 1. The SMILES string of the molecule is O=C(Nc1ccc2c(c1)OC1(CCCCC1)O2)c1c(Cl)cccc1Cl. The topological polar surface area (TPSA) is 47.6 Å². The van der Waals surface area contributed by atoms with Crippen molar-refractivity contribution in [1.29, 1.82) is 0 Å². The molecule has 6 heteroatoms. The van der Waals surface area contributed by atoms with E-state index in [0.717, 1.165) is 31.4 Å². The van der Waals surface area contributed by atoms with Crippen LogP contribution < -0.4 is 14.8 Å². The highest BCUT2D eigenvalue weighted by Gasteiger charge is 2.42. The van der Waals surface area contributed by atoms with Crippen molar-refractivity contribution in [2.45, 2.75) is 37.9 Å². The summed E-state index contributed by atoms with van der Waals surface area (Å²) >= 11 is 12.2. The molecule has 0 atom stereocenters. The van der Waals surface area contributed by atoms with Crippen molar-refractivity contribution >= 4 is 34.8 Å². The highest BCUT2D eigenvalue weighted by molar-refractivity contribution is 6.40. The third-order valence-corrected chi connectivity index (χ3v) is 5.23. The molecule has 0 unspecified atom stereocenters. The first kappa shape index (κ1) is 16.6. The smallest absolute Gasteiger partial charge is 0.258 e.